The number of rotatable bonds is 14. The predicted octanol–water partition coefficient (Wildman–Crippen LogP) is 1.63. The van der Waals surface area contributed by atoms with Crippen LogP contribution in [0.4, 0.5) is 0 Å². The lowest BCUT2D eigenvalue weighted by Gasteiger charge is -2.36. The normalized spacial score (nSPS) is 15.1. The number of Topliss-reactive ketones (excluding diaryl/α,β-unsaturated/α-hetero) is 1. The molecule has 0 aliphatic heterocycles. The largest absolute Gasteiger partial charge is 0.481 e. The summed E-state index contributed by atoms with van der Waals surface area (Å²) in [6, 6.07) is 8.95. The molecule has 7 N–H and O–H groups in total. The minimum Gasteiger partial charge on any atom is -0.481 e. The average Bonchev–Trinajstić information content (AvgIpc) is 2.89. The van der Waals surface area contributed by atoms with E-state index >= 15 is 0 Å². The van der Waals surface area contributed by atoms with Crippen LogP contribution in [0.2, 0.25) is 0 Å². The first-order valence-electron chi connectivity index (χ1n) is 13.4. The molecule has 0 aromatic heterocycles. The minimum atomic E-state index is -2.07. The van der Waals surface area contributed by atoms with Crippen LogP contribution in [0.1, 0.15) is 58.6 Å². The standard InChI is InChI=1S/C29H39N3O9/c1-15(2)14-20(30)26(37)23(27(38)25(36)19-11-7-9-17-8-5-6-10-18(17)19)28(39)32(24(16(3)4)29(40)41)31-21(33)12-13-22(34)35/h5-11,15-16,20,23-26,36-37H,12-14,30H2,1-4H3,(H,31,33)(H,34,35)(H,40,41)/t20-,23?,24-,25?,26+/m0/s1. The first kappa shape index (κ1) is 33.3. The maximum atomic E-state index is 14.0. The van der Waals surface area contributed by atoms with Crippen molar-refractivity contribution in [2.45, 2.75) is 71.2 Å². The molecule has 2 aromatic carbocycles. The van der Waals surface area contributed by atoms with Crippen molar-refractivity contribution in [1.82, 2.24) is 10.4 Å². The molecule has 0 aliphatic carbocycles. The Bertz CT molecular complexity index is 1260. The van der Waals surface area contributed by atoms with Gasteiger partial charge in [0, 0.05) is 12.5 Å². The predicted molar refractivity (Wildman–Crippen MR) is 149 cm³/mol. The molecule has 2 amide bonds. The van der Waals surface area contributed by atoms with Crippen molar-refractivity contribution in [3.63, 3.8) is 0 Å². The number of carboxylic acid groups (broad SMARTS) is 2. The lowest BCUT2D eigenvalue weighted by atomic mass is 9.83. The van der Waals surface area contributed by atoms with Crippen LogP contribution in [0, 0.1) is 17.8 Å². The van der Waals surface area contributed by atoms with Crippen LogP contribution in [0.15, 0.2) is 42.5 Å². The molecule has 0 heterocycles. The van der Waals surface area contributed by atoms with Crippen molar-refractivity contribution in [2.75, 3.05) is 0 Å². The van der Waals surface area contributed by atoms with Crippen LogP contribution in [0.3, 0.4) is 0 Å². The van der Waals surface area contributed by atoms with Crippen molar-refractivity contribution >= 4 is 40.3 Å². The highest BCUT2D eigenvalue weighted by atomic mass is 16.4. The summed E-state index contributed by atoms with van der Waals surface area (Å²) >= 11 is 0. The fourth-order valence-corrected chi connectivity index (χ4v) is 4.70. The Morgan fingerprint density at radius 1 is 0.902 bits per heavy atom. The third-order valence-electron chi connectivity index (χ3n) is 6.69. The Kier molecular flexibility index (Phi) is 11.9. The average molecular weight is 574 g/mol. The number of hydrogen-bond donors (Lipinski definition) is 6. The van der Waals surface area contributed by atoms with E-state index in [0.29, 0.717) is 15.8 Å². The fraction of sp³-hybridized carbons (Fsp3) is 0.483. The van der Waals surface area contributed by atoms with Gasteiger partial charge in [0.15, 0.2) is 11.8 Å². The van der Waals surface area contributed by atoms with E-state index in [1.54, 1.807) is 36.4 Å². The number of hydrazine groups is 1. The number of aliphatic hydroxyl groups is 2. The van der Waals surface area contributed by atoms with Gasteiger partial charge in [0.05, 0.1) is 12.5 Å². The van der Waals surface area contributed by atoms with Gasteiger partial charge in [-0.2, -0.15) is 0 Å². The maximum absolute atomic E-state index is 14.0. The molecule has 12 heteroatoms. The molecule has 0 saturated heterocycles. The molecule has 2 aromatic rings. The van der Waals surface area contributed by atoms with Gasteiger partial charge in [-0.25, -0.2) is 9.80 Å². The molecule has 0 aliphatic rings. The van der Waals surface area contributed by atoms with Crippen molar-refractivity contribution in [3.05, 3.63) is 48.0 Å². The first-order valence-corrected chi connectivity index (χ1v) is 13.4. The second-order valence-electron chi connectivity index (χ2n) is 10.8. The van der Waals surface area contributed by atoms with Crippen LogP contribution >= 0.6 is 0 Å². The molecule has 0 spiro atoms. The van der Waals surface area contributed by atoms with Gasteiger partial charge in [-0.15, -0.1) is 0 Å². The summed E-state index contributed by atoms with van der Waals surface area (Å²) in [5.41, 5.74) is 8.47. The molecule has 5 atom stereocenters. The lowest BCUT2D eigenvalue weighted by Crippen LogP contribution is -2.62. The highest BCUT2D eigenvalue weighted by Crippen LogP contribution is 2.30. The number of ketones is 1. The first-order chi connectivity index (χ1) is 19.2. The smallest absolute Gasteiger partial charge is 0.328 e. The zero-order chi connectivity index (χ0) is 31.0. The highest BCUT2D eigenvalue weighted by molar-refractivity contribution is 6.07. The molecule has 224 valence electrons. The van der Waals surface area contributed by atoms with Crippen LogP contribution in [0.25, 0.3) is 10.8 Å². The van der Waals surface area contributed by atoms with Gasteiger partial charge in [-0.05, 0) is 34.6 Å². The number of nitrogens with one attached hydrogen (secondary N) is 1. The Morgan fingerprint density at radius 3 is 2.07 bits per heavy atom. The van der Waals surface area contributed by atoms with Gasteiger partial charge < -0.3 is 26.2 Å². The number of benzene rings is 2. The molecule has 12 nitrogen and oxygen atoms in total. The Balaban J connectivity index is 2.63. The van der Waals surface area contributed by atoms with E-state index in [1.165, 1.54) is 19.9 Å². The van der Waals surface area contributed by atoms with Gasteiger partial charge >= 0.3 is 11.9 Å². The Labute approximate surface area is 238 Å². The molecular formula is C29H39N3O9. The van der Waals surface area contributed by atoms with Gasteiger partial charge in [0.2, 0.25) is 5.91 Å². The number of fused-ring (bicyclic) bond motifs is 1. The van der Waals surface area contributed by atoms with E-state index in [9.17, 15) is 39.3 Å². The summed E-state index contributed by atoms with van der Waals surface area (Å²) in [7, 11) is 0. The molecular weight excluding hydrogens is 534 g/mol. The number of hydrogen-bond acceptors (Lipinski definition) is 8. The van der Waals surface area contributed by atoms with Gasteiger partial charge in [0.25, 0.3) is 5.91 Å². The van der Waals surface area contributed by atoms with Crippen LogP contribution < -0.4 is 11.2 Å². The number of aliphatic hydroxyl groups excluding tert-OH is 2. The SMILES string of the molecule is CC(C)C[C@H](N)[C@@H](O)C(C(=O)C(O)c1cccc2ccccc12)C(=O)N(NC(=O)CCC(=O)O)[C@H](C(=O)O)C(C)C. The third-order valence-corrected chi connectivity index (χ3v) is 6.69. The topological polar surface area (TPSA) is 208 Å². The maximum Gasteiger partial charge on any atom is 0.328 e. The van der Waals surface area contributed by atoms with E-state index in [4.69, 9.17) is 10.8 Å². The van der Waals surface area contributed by atoms with Gasteiger partial charge in [-0.1, -0.05) is 70.2 Å². The molecule has 0 bridgehead atoms. The number of carbonyl (C=O) groups excluding carboxylic acids is 3. The molecule has 0 saturated carbocycles. The summed E-state index contributed by atoms with van der Waals surface area (Å²) in [5.74, 6) is -9.17. The second-order valence-corrected chi connectivity index (χ2v) is 10.8. The number of nitrogens with two attached hydrogens (primary N) is 1. The van der Waals surface area contributed by atoms with E-state index < -0.39 is 78.5 Å². The van der Waals surface area contributed by atoms with Crippen LogP contribution in [-0.4, -0.2) is 73.2 Å². The van der Waals surface area contributed by atoms with Crippen molar-refractivity contribution < 1.29 is 44.4 Å². The van der Waals surface area contributed by atoms with Crippen LogP contribution in [-0.2, 0) is 24.0 Å². The minimum absolute atomic E-state index is 0.0530. The molecule has 0 fully saturated rings. The van der Waals surface area contributed by atoms with E-state index in [2.05, 4.69) is 5.43 Å². The van der Waals surface area contributed by atoms with Crippen molar-refractivity contribution in [1.29, 1.82) is 0 Å². The second kappa shape index (κ2) is 14.7. The molecule has 0 radical (unpaired) electrons. The number of carbonyl (C=O) groups is 5. The summed E-state index contributed by atoms with van der Waals surface area (Å²) in [6.07, 6.45) is -4.78. The van der Waals surface area contributed by atoms with E-state index in [1.807, 2.05) is 13.8 Å². The third kappa shape index (κ3) is 8.56. The van der Waals surface area contributed by atoms with Gasteiger partial charge in [-0.3, -0.25) is 24.6 Å². The summed E-state index contributed by atoms with van der Waals surface area (Å²) in [5, 5.41) is 43.0. The fourth-order valence-electron chi connectivity index (χ4n) is 4.70. The summed E-state index contributed by atoms with van der Waals surface area (Å²) in [4.78, 5) is 63.6. The number of nitrogens with zero attached hydrogens (tertiary/aromatic N) is 1. The Morgan fingerprint density at radius 2 is 1.51 bits per heavy atom. The number of aliphatic carboxylic acids is 2. The Hall–Kier alpha value is -3.87. The molecule has 2 rings (SSSR count). The molecule has 2 unspecified atom stereocenters. The van der Waals surface area contributed by atoms with E-state index in [-0.39, 0.29) is 17.9 Å². The van der Waals surface area contributed by atoms with Crippen LogP contribution in [0.5, 0.6) is 0 Å². The molecule has 41 heavy (non-hydrogen) atoms. The number of carboxylic acids is 2. The van der Waals surface area contributed by atoms with Gasteiger partial charge in [0.1, 0.15) is 12.0 Å². The monoisotopic (exact) mass is 573 g/mol. The van der Waals surface area contributed by atoms with E-state index in [0.717, 1.165) is 0 Å². The zero-order valence-corrected chi connectivity index (χ0v) is 23.6. The zero-order valence-electron chi connectivity index (χ0n) is 23.6. The van der Waals surface area contributed by atoms with Crippen molar-refractivity contribution in [3.8, 4) is 0 Å². The summed E-state index contributed by atoms with van der Waals surface area (Å²) < 4.78 is 0. The number of amides is 2. The quantitative estimate of drug-likeness (QED) is 0.142. The summed E-state index contributed by atoms with van der Waals surface area (Å²) in [6.45, 7) is 6.55. The lowest BCUT2D eigenvalue weighted by molar-refractivity contribution is -0.166. The highest BCUT2D eigenvalue weighted by Gasteiger charge is 2.46. The van der Waals surface area contributed by atoms with Crippen molar-refractivity contribution in [2.24, 2.45) is 23.5 Å².